The van der Waals surface area contributed by atoms with E-state index < -0.39 is 0 Å². The van der Waals surface area contributed by atoms with Gasteiger partial charge in [-0.2, -0.15) is 0 Å². The lowest BCUT2D eigenvalue weighted by Crippen LogP contribution is -3.13. The summed E-state index contributed by atoms with van der Waals surface area (Å²) in [4.78, 5) is 4.07. The Morgan fingerprint density at radius 3 is 2.38 bits per heavy atom. The maximum atomic E-state index is 6.30. The van der Waals surface area contributed by atoms with Gasteiger partial charge in [-0.1, -0.05) is 48.0 Å². The number of quaternary nitrogens is 1. The minimum atomic E-state index is 0.861. The van der Waals surface area contributed by atoms with Crippen molar-refractivity contribution in [1.82, 2.24) is 0 Å². The van der Waals surface area contributed by atoms with E-state index in [0.717, 1.165) is 24.7 Å². The second-order valence-corrected chi connectivity index (χ2v) is 6.20. The Bertz CT molecular complexity index is 604. The zero-order chi connectivity index (χ0) is 14.7. The van der Waals surface area contributed by atoms with Crippen LogP contribution in [0.5, 0.6) is 0 Å². The number of anilines is 1. The van der Waals surface area contributed by atoms with Gasteiger partial charge in [0.2, 0.25) is 0 Å². The van der Waals surface area contributed by atoms with E-state index in [-0.39, 0.29) is 0 Å². The Morgan fingerprint density at radius 2 is 1.67 bits per heavy atom. The normalized spacial score (nSPS) is 16.2. The fourth-order valence-electron chi connectivity index (χ4n) is 3.03. The second-order valence-electron chi connectivity index (χ2n) is 5.79. The van der Waals surface area contributed by atoms with Crippen molar-refractivity contribution in [3.63, 3.8) is 0 Å². The van der Waals surface area contributed by atoms with Crippen molar-refractivity contribution in [1.29, 1.82) is 0 Å². The van der Waals surface area contributed by atoms with Crippen LogP contribution in [0.3, 0.4) is 0 Å². The highest BCUT2D eigenvalue weighted by molar-refractivity contribution is 6.33. The highest BCUT2D eigenvalue weighted by atomic mass is 35.5. The molecule has 0 saturated carbocycles. The molecule has 2 aromatic carbocycles. The van der Waals surface area contributed by atoms with Crippen LogP contribution in [0.2, 0.25) is 5.02 Å². The summed E-state index contributed by atoms with van der Waals surface area (Å²) in [5.74, 6) is 0. The maximum absolute atomic E-state index is 6.30. The van der Waals surface area contributed by atoms with Crippen molar-refractivity contribution in [2.75, 3.05) is 31.1 Å². The van der Waals surface area contributed by atoms with Gasteiger partial charge >= 0.3 is 0 Å². The molecule has 110 valence electrons. The van der Waals surface area contributed by atoms with Gasteiger partial charge < -0.3 is 9.80 Å². The van der Waals surface area contributed by atoms with Crippen molar-refractivity contribution >= 4 is 17.3 Å². The molecule has 0 atom stereocenters. The molecular formula is C18H22ClN2+. The summed E-state index contributed by atoms with van der Waals surface area (Å²) < 4.78 is 0. The Kier molecular flexibility index (Phi) is 4.47. The zero-order valence-corrected chi connectivity index (χ0v) is 13.2. The second kappa shape index (κ2) is 6.50. The van der Waals surface area contributed by atoms with Gasteiger partial charge in [0.15, 0.2) is 0 Å². The highest BCUT2D eigenvalue weighted by Gasteiger charge is 2.21. The lowest BCUT2D eigenvalue weighted by atomic mass is 10.1. The molecule has 1 aliphatic rings. The fourth-order valence-corrected chi connectivity index (χ4v) is 3.28. The number of piperazine rings is 1. The van der Waals surface area contributed by atoms with Crippen LogP contribution in [-0.4, -0.2) is 26.2 Å². The molecule has 2 nitrogen and oxygen atoms in total. The van der Waals surface area contributed by atoms with Gasteiger partial charge in [0, 0.05) is 5.56 Å². The van der Waals surface area contributed by atoms with Crippen molar-refractivity contribution in [2.45, 2.75) is 13.5 Å². The number of hydrogen-bond acceptors (Lipinski definition) is 1. The van der Waals surface area contributed by atoms with E-state index in [9.17, 15) is 0 Å². The summed E-state index contributed by atoms with van der Waals surface area (Å²) in [5.41, 5.74) is 4.05. The molecule has 1 N–H and O–H groups in total. The number of para-hydroxylation sites is 1. The first kappa shape index (κ1) is 14.4. The molecule has 1 aliphatic heterocycles. The third kappa shape index (κ3) is 3.39. The molecule has 0 spiro atoms. The molecule has 1 fully saturated rings. The Hall–Kier alpha value is -1.51. The number of aryl methyl sites for hydroxylation is 1. The highest BCUT2D eigenvalue weighted by Crippen LogP contribution is 2.24. The smallest absolute Gasteiger partial charge is 0.103 e. The molecule has 3 rings (SSSR count). The van der Waals surface area contributed by atoms with Crippen LogP contribution in [-0.2, 0) is 6.54 Å². The summed E-state index contributed by atoms with van der Waals surface area (Å²) in [6.45, 7) is 7.81. The predicted octanol–water partition coefficient (Wildman–Crippen LogP) is 2.55. The van der Waals surface area contributed by atoms with E-state index in [1.54, 1.807) is 4.90 Å². The monoisotopic (exact) mass is 301 g/mol. The first-order chi connectivity index (χ1) is 10.2. The maximum Gasteiger partial charge on any atom is 0.103 e. The van der Waals surface area contributed by atoms with E-state index in [4.69, 9.17) is 11.6 Å². The summed E-state index contributed by atoms with van der Waals surface area (Å²) in [6, 6.07) is 16.9. The molecule has 0 amide bonds. The van der Waals surface area contributed by atoms with Crippen LogP contribution in [0.1, 0.15) is 11.1 Å². The Labute approximate surface area is 131 Å². The number of nitrogens with zero attached hydrogens (tertiary/aromatic N) is 1. The molecule has 1 saturated heterocycles. The molecule has 0 aromatic heterocycles. The topological polar surface area (TPSA) is 7.68 Å². The number of benzene rings is 2. The third-order valence-corrected chi connectivity index (χ3v) is 4.69. The fraction of sp³-hybridized carbons (Fsp3) is 0.333. The van der Waals surface area contributed by atoms with Gasteiger partial charge in [-0.15, -0.1) is 0 Å². The summed E-state index contributed by atoms with van der Waals surface area (Å²) in [6.07, 6.45) is 0. The van der Waals surface area contributed by atoms with Crippen LogP contribution in [0, 0.1) is 6.92 Å². The molecule has 21 heavy (non-hydrogen) atoms. The minimum Gasteiger partial charge on any atom is -0.359 e. The van der Waals surface area contributed by atoms with Crippen LogP contribution in [0.25, 0.3) is 0 Å². The first-order valence-electron chi connectivity index (χ1n) is 7.61. The number of halogens is 1. The number of rotatable bonds is 3. The number of hydrogen-bond donors (Lipinski definition) is 1. The van der Waals surface area contributed by atoms with Gasteiger partial charge in [0.1, 0.15) is 6.54 Å². The van der Waals surface area contributed by atoms with Gasteiger partial charge in [-0.25, -0.2) is 0 Å². The van der Waals surface area contributed by atoms with Crippen LogP contribution in [0.15, 0.2) is 48.5 Å². The van der Waals surface area contributed by atoms with E-state index in [0.29, 0.717) is 0 Å². The zero-order valence-electron chi connectivity index (χ0n) is 12.5. The van der Waals surface area contributed by atoms with Crippen LogP contribution < -0.4 is 9.80 Å². The summed E-state index contributed by atoms with van der Waals surface area (Å²) >= 11 is 6.30. The average Bonchev–Trinajstić information content (AvgIpc) is 2.51. The molecular weight excluding hydrogens is 280 g/mol. The van der Waals surface area contributed by atoms with Crippen molar-refractivity contribution in [3.8, 4) is 0 Å². The van der Waals surface area contributed by atoms with Gasteiger partial charge in [-0.05, 0) is 24.6 Å². The average molecular weight is 302 g/mol. The third-order valence-electron chi connectivity index (χ3n) is 4.37. The van der Waals surface area contributed by atoms with Gasteiger partial charge in [0.05, 0.1) is 36.9 Å². The van der Waals surface area contributed by atoms with Gasteiger partial charge in [0.25, 0.3) is 0 Å². The molecule has 3 heteroatoms. The minimum absolute atomic E-state index is 0.861. The Balaban J connectivity index is 1.61. The van der Waals surface area contributed by atoms with Crippen LogP contribution >= 0.6 is 11.6 Å². The lowest BCUT2D eigenvalue weighted by molar-refractivity contribution is -0.914. The van der Waals surface area contributed by atoms with Gasteiger partial charge in [-0.3, -0.25) is 0 Å². The predicted molar refractivity (Wildman–Crippen MR) is 89.2 cm³/mol. The molecule has 0 bridgehead atoms. The van der Waals surface area contributed by atoms with E-state index >= 15 is 0 Å². The largest absolute Gasteiger partial charge is 0.359 e. The molecule has 2 aromatic rings. The van der Waals surface area contributed by atoms with Crippen molar-refractivity contribution < 1.29 is 4.90 Å². The lowest BCUT2D eigenvalue weighted by Gasteiger charge is -2.34. The Morgan fingerprint density at radius 1 is 1.00 bits per heavy atom. The molecule has 0 aliphatic carbocycles. The summed E-state index contributed by atoms with van der Waals surface area (Å²) in [7, 11) is 0. The molecule has 1 heterocycles. The van der Waals surface area contributed by atoms with Crippen LogP contribution in [0.4, 0.5) is 5.69 Å². The molecule has 0 radical (unpaired) electrons. The SMILES string of the molecule is Cc1ccccc1C[NH+]1CCN(c2ccccc2Cl)CC1. The van der Waals surface area contributed by atoms with E-state index in [1.807, 2.05) is 12.1 Å². The molecule has 0 unspecified atom stereocenters. The number of nitrogens with one attached hydrogen (secondary N) is 1. The van der Waals surface area contributed by atoms with Crippen molar-refractivity contribution in [2.24, 2.45) is 0 Å². The van der Waals surface area contributed by atoms with Crippen molar-refractivity contribution in [3.05, 3.63) is 64.7 Å². The standard InChI is InChI=1S/C18H21ClN2/c1-15-6-2-3-7-16(15)14-20-10-12-21(13-11-20)18-9-5-4-8-17(18)19/h2-9H,10-14H2,1H3/p+1. The quantitative estimate of drug-likeness (QED) is 0.915. The first-order valence-corrected chi connectivity index (χ1v) is 7.99. The van der Waals surface area contributed by atoms with E-state index in [2.05, 4.69) is 48.2 Å². The summed E-state index contributed by atoms with van der Waals surface area (Å²) in [5, 5.41) is 0.861. The van der Waals surface area contributed by atoms with E-state index in [1.165, 1.54) is 29.9 Å².